The molecule has 23 heavy (non-hydrogen) atoms. The summed E-state index contributed by atoms with van der Waals surface area (Å²) in [6.45, 7) is 0.164. The van der Waals surface area contributed by atoms with Crippen molar-refractivity contribution in [1.82, 2.24) is 0 Å². The number of para-hydroxylation sites is 1. The maximum atomic E-state index is 12.6. The average molecular weight is 312 g/mol. The molecule has 0 spiro atoms. The summed E-state index contributed by atoms with van der Waals surface area (Å²) < 4.78 is 16.2. The predicted molar refractivity (Wildman–Crippen MR) is 85.5 cm³/mol. The van der Waals surface area contributed by atoms with Crippen molar-refractivity contribution >= 4 is 11.9 Å². The summed E-state index contributed by atoms with van der Waals surface area (Å²) in [4.78, 5) is 12.6. The van der Waals surface area contributed by atoms with E-state index >= 15 is 0 Å². The maximum absolute atomic E-state index is 12.6. The number of ether oxygens (including phenoxy) is 3. The van der Waals surface area contributed by atoms with Gasteiger partial charge in [0.15, 0.2) is 17.3 Å². The van der Waals surface area contributed by atoms with Crippen molar-refractivity contribution in [2.24, 2.45) is 0 Å². The lowest BCUT2D eigenvalue weighted by atomic mass is 9.98. The molecule has 0 bridgehead atoms. The summed E-state index contributed by atoms with van der Waals surface area (Å²) in [6, 6.07) is 9.93. The molecule has 118 valence electrons. The van der Waals surface area contributed by atoms with Crippen molar-refractivity contribution in [2.45, 2.75) is 0 Å². The standard InChI is InChI=1S/C18H16O5/c1-21-16-5-3-4-11(18(16)22-2)8-12-10-23-15-7-6-13(19)9-14(15)17(12)20/h3-9,19H,10H2,1-2H3/b12-8+. The lowest BCUT2D eigenvalue weighted by molar-refractivity contribution is 0.100. The van der Waals surface area contributed by atoms with E-state index in [0.29, 0.717) is 28.4 Å². The minimum absolute atomic E-state index is 0.0286. The van der Waals surface area contributed by atoms with Crippen LogP contribution in [0.1, 0.15) is 15.9 Å². The Hall–Kier alpha value is -2.95. The van der Waals surface area contributed by atoms with Gasteiger partial charge in [0, 0.05) is 11.1 Å². The van der Waals surface area contributed by atoms with E-state index in [9.17, 15) is 9.90 Å². The Kier molecular flexibility index (Phi) is 3.93. The van der Waals surface area contributed by atoms with Gasteiger partial charge in [0.05, 0.1) is 19.8 Å². The number of rotatable bonds is 3. The van der Waals surface area contributed by atoms with Crippen molar-refractivity contribution in [1.29, 1.82) is 0 Å². The van der Waals surface area contributed by atoms with Crippen LogP contribution < -0.4 is 14.2 Å². The summed E-state index contributed by atoms with van der Waals surface area (Å²) in [6.07, 6.45) is 1.72. The van der Waals surface area contributed by atoms with Crippen LogP contribution >= 0.6 is 0 Å². The first-order valence-corrected chi connectivity index (χ1v) is 7.06. The second kappa shape index (κ2) is 6.04. The molecule has 1 N–H and O–H groups in total. The molecular formula is C18H16O5. The highest BCUT2D eigenvalue weighted by Crippen LogP contribution is 2.35. The third-order valence-electron chi connectivity index (χ3n) is 3.65. The maximum Gasteiger partial charge on any atom is 0.196 e. The van der Waals surface area contributed by atoms with E-state index in [2.05, 4.69) is 0 Å². The van der Waals surface area contributed by atoms with Crippen molar-refractivity contribution in [3.8, 4) is 23.0 Å². The molecule has 0 radical (unpaired) electrons. The van der Waals surface area contributed by atoms with Gasteiger partial charge in [0.2, 0.25) is 0 Å². The predicted octanol–water partition coefficient (Wildman–Crippen LogP) is 3.07. The van der Waals surface area contributed by atoms with Gasteiger partial charge in [-0.2, -0.15) is 0 Å². The van der Waals surface area contributed by atoms with Gasteiger partial charge in [0.1, 0.15) is 18.1 Å². The quantitative estimate of drug-likeness (QED) is 0.882. The van der Waals surface area contributed by atoms with E-state index in [1.165, 1.54) is 12.1 Å². The zero-order chi connectivity index (χ0) is 16.4. The van der Waals surface area contributed by atoms with E-state index in [1.807, 2.05) is 12.1 Å². The second-order valence-electron chi connectivity index (χ2n) is 5.05. The molecule has 0 aliphatic carbocycles. The highest BCUT2D eigenvalue weighted by molar-refractivity contribution is 6.14. The van der Waals surface area contributed by atoms with Gasteiger partial charge in [-0.25, -0.2) is 0 Å². The zero-order valence-corrected chi connectivity index (χ0v) is 12.8. The number of hydrogen-bond donors (Lipinski definition) is 1. The Morgan fingerprint density at radius 1 is 1.17 bits per heavy atom. The van der Waals surface area contributed by atoms with E-state index in [4.69, 9.17) is 14.2 Å². The Balaban J connectivity index is 2.03. The highest BCUT2D eigenvalue weighted by Gasteiger charge is 2.24. The van der Waals surface area contributed by atoms with E-state index in [1.54, 1.807) is 32.4 Å². The number of benzene rings is 2. The molecule has 5 heteroatoms. The minimum Gasteiger partial charge on any atom is -0.508 e. The molecule has 0 unspecified atom stereocenters. The molecule has 1 aliphatic rings. The number of phenolic OH excluding ortho intramolecular Hbond substituents is 1. The van der Waals surface area contributed by atoms with Crippen molar-refractivity contribution in [3.63, 3.8) is 0 Å². The largest absolute Gasteiger partial charge is 0.508 e. The van der Waals surface area contributed by atoms with Crippen LogP contribution in [-0.2, 0) is 0 Å². The molecule has 0 saturated heterocycles. The summed E-state index contributed by atoms with van der Waals surface area (Å²) in [7, 11) is 3.11. The second-order valence-corrected chi connectivity index (χ2v) is 5.05. The zero-order valence-electron chi connectivity index (χ0n) is 12.8. The topological polar surface area (TPSA) is 65.0 Å². The Morgan fingerprint density at radius 3 is 2.74 bits per heavy atom. The Morgan fingerprint density at radius 2 is 2.00 bits per heavy atom. The van der Waals surface area contributed by atoms with Gasteiger partial charge in [-0.1, -0.05) is 12.1 Å². The van der Waals surface area contributed by atoms with Gasteiger partial charge in [-0.15, -0.1) is 0 Å². The van der Waals surface area contributed by atoms with Crippen LogP contribution in [0.25, 0.3) is 6.08 Å². The molecule has 2 aromatic carbocycles. The van der Waals surface area contributed by atoms with Crippen LogP contribution in [0.5, 0.6) is 23.0 Å². The summed E-state index contributed by atoms with van der Waals surface area (Å²) in [5, 5.41) is 9.57. The van der Waals surface area contributed by atoms with Crippen LogP contribution in [0.15, 0.2) is 42.0 Å². The first-order chi connectivity index (χ1) is 11.1. The normalized spacial score (nSPS) is 15.0. The van der Waals surface area contributed by atoms with Gasteiger partial charge >= 0.3 is 0 Å². The van der Waals surface area contributed by atoms with Crippen molar-refractivity contribution < 1.29 is 24.1 Å². The van der Waals surface area contributed by atoms with Gasteiger partial charge in [-0.3, -0.25) is 4.79 Å². The van der Waals surface area contributed by atoms with Crippen molar-refractivity contribution in [3.05, 3.63) is 53.1 Å². The Bertz CT molecular complexity index is 792. The fourth-order valence-electron chi connectivity index (χ4n) is 2.54. The molecule has 0 fully saturated rings. The van der Waals surface area contributed by atoms with Crippen LogP contribution in [0.4, 0.5) is 0 Å². The number of Topliss-reactive ketones (excluding diaryl/α,β-unsaturated/α-hetero) is 1. The SMILES string of the molecule is COc1cccc(/C=C2\COc3ccc(O)cc3C2=O)c1OC. The minimum atomic E-state index is -0.174. The van der Waals surface area contributed by atoms with Crippen molar-refractivity contribution in [2.75, 3.05) is 20.8 Å². The smallest absolute Gasteiger partial charge is 0.196 e. The van der Waals surface area contributed by atoms with Gasteiger partial charge in [-0.05, 0) is 30.3 Å². The lowest BCUT2D eigenvalue weighted by Gasteiger charge is -2.19. The molecule has 0 atom stereocenters. The molecule has 0 aromatic heterocycles. The monoisotopic (exact) mass is 312 g/mol. The first-order valence-electron chi connectivity index (χ1n) is 7.06. The molecular weight excluding hydrogens is 296 g/mol. The summed E-state index contributed by atoms with van der Waals surface area (Å²) in [5.74, 6) is 1.47. The molecule has 0 amide bonds. The fourth-order valence-corrected chi connectivity index (χ4v) is 2.54. The van der Waals surface area contributed by atoms with E-state index in [0.717, 1.165) is 5.56 Å². The third-order valence-corrected chi connectivity index (χ3v) is 3.65. The molecule has 5 nitrogen and oxygen atoms in total. The molecule has 1 aliphatic heterocycles. The van der Waals surface area contributed by atoms with Crippen LogP contribution in [0.3, 0.4) is 0 Å². The lowest BCUT2D eigenvalue weighted by Crippen LogP contribution is -2.18. The number of hydrogen-bond acceptors (Lipinski definition) is 5. The first kappa shape index (κ1) is 15.0. The van der Waals surface area contributed by atoms with Crippen LogP contribution in [0, 0.1) is 0 Å². The van der Waals surface area contributed by atoms with Crippen LogP contribution in [-0.4, -0.2) is 31.7 Å². The number of methoxy groups -OCH3 is 2. The number of carbonyl (C=O) groups is 1. The van der Waals surface area contributed by atoms with Gasteiger partial charge < -0.3 is 19.3 Å². The fraction of sp³-hybridized carbons (Fsp3) is 0.167. The molecule has 0 saturated carbocycles. The summed E-state index contributed by atoms with van der Waals surface area (Å²) in [5.41, 5.74) is 1.56. The molecule has 2 aromatic rings. The van der Waals surface area contributed by atoms with E-state index < -0.39 is 0 Å². The number of phenols is 1. The highest BCUT2D eigenvalue weighted by atomic mass is 16.5. The van der Waals surface area contributed by atoms with Crippen LogP contribution in [0.2, 0.25) is 0 Å². The average Bonchev–Trinajstić information content (AvgIpc) is 2.57. The Labute approximate surface area is 133 Å². The number of aromatic hydroxyl groups is 1. The number of fused-ring (bicyclic) bond motifs is 1. The number of carbonyl (C=O) groups excluding carboxylic acids is 1. The van der Waals surface area contributed by atoms with Gasteiger partial charge in [0.25, 0.3) is 0 Å². The summed E-state index contributed by atoms with van der Waals surface area (Å²) >= 11 is 0. The molecule has 3 rings (SSSR count). The van der Waals surface area contributed by atoms with E-state index in [-0.39, 0.29) is 18.1 Å². The molecule has 1 heterocycles. The number of ketones is 1. The third kappa shape index (κ3) is 2.73.